The standard InChI is InChI=1S/C6H11ClF3NO2S/c7-3-4-11-14(12,13)5-1-2-6(8,9)10/h11H,1-5H2. The first-order chi connectivity index (χ1) is 6.27. The van der Waals surface area contributed by atoms with Crippen molar-refractivity contribution in [2.75, 3.05) is 18.2 Å². The lowest BCUT2D eigenvalue weighted by atomic mass is 10.3. The molecule has 0 atom stereocenters. The first-order valence-electron chi connectivity index (χ1n) is 3.87. The number of nitrogens with one attached hydrogen (secondary N) is 1. The first kappa shape index (κ1) is 14.0. The van der Waals surface area contributed by atoms with Crippen LogP contribution in [-0.2, 0) is 10.0 Å². The van der Waals surface area contributed by atoms with E-state index < -0.39 is 34.8 Å². The molecular formula is C6H11ClF3NO2S. The van der Waals surface area contributed by atoms with E-state index >= 15 is 0 Å². The van der Waals surface area contributed by atoms with E-state index in [0.717, 1.165) is 0 Å². The summed E-state index contributed by atoms with van der Waals surface area (Å²) in [5.74, 6) is -0.429. The lowest BCUT2D eigenvalue weighted by molar-refractivity contribution is -0.134. The zero-order valence-corrected chi connectivity index (χ0v) is 8.84. The molecule has 0 amide bonds. The molecule has 0 aliphatic heterocycles. The molecule has 8 heteroatoms. The van der Waals surface area contributed by atoms with Crippen LogP contribution < -0.4 is 4.72 Å². The Morgan fingerprint density at radius 3 is 2.29 bits per heavy atom. The van der Waals surface area contributed by atoms with Gasteiger partial charge in [-0.2, -0.15) is 13.2 Å². The third-order valence-corrected chi connectivity index (χ3v) is 2.95. The maximum Gasteiger partial charge on any atom is 0.389 e. The molecule has 0 radical (unpaired) electrons. The van der Waals surface area contributed by atoms with Crippen molar-refractivity contribution in [1.82, 2.24) is 4.72 Å². The molecule has 0 aliphatic rings. The number of sulfonamides is 1. The predicted molar refractivity (Wildman–Crippen MR) is 47.8 cm³/mol. The first-order valence-corrected chi connectivity index (χ1v) is 6.05. The van der Waals surface area contributed by atoms with Gasteiger partial charge in [-0.15, -0.1) is 11.6 Å². The molecule has 3 nitrogen and oxygen atoms in total. The molecule has 0 rings (SSSR count). The molecule has 0 spiro atoms. The molecule has 0 bridgehead atoms. The van der Waals surface area contributed by atoms with Crippen LogP contribution in [0.15, 0.2) is 0 Å². The topological polar surface area (TPSA) is 46.2 Å². The Hall–Kier alpha value is -0.0100. The lowest BCUT2D eigenvalue weighted by Gasteiger charge is -2.07. The molecule has 0 saturated carbocycles. The third kappa shape index (κ3) is 8.58. The van der Waals surface area contributed by atoms with Crippen LogP contribution in [-0.4, -0.2) is 32.8 Å². The molecule has 1 N–H and O–H groups in total. The Bertz CT molecular complexity index is 252. The van der Waals surface area contributed by atoms with Gasteiger partial charge in [-0.05, 0) is 6.42 Å². The second-order valence-electron chi connectivity index (χ2n) is 2.62. The molecular weight excluding hydrogens is 243 g/mol. The highest BCUT2D eigenvalue weighted by Gasteiger charge is 2.27. The molecule has 0 saturated heterocycles. The van der Waals surface area contributed by atoms with Crippen molar-refractivity contribution in [3.63, 3.8) is 0 Å². The van der Waals surface area contributed by atoms with Crippen molar-refractivity contribution in [2.45, 2.75) is 19.0 Å². The number of hydrogen-bond donors (Lipinski definition) is 1. The summed E-state index contributed by atoms with van der Waals surface area (Å²) in [5, 5.41) is 0. The predicted octanol–water partition coefficient (Wildman–Crippen LogP) is 1.49. The minimum atomic E-state index is -4.30. The normalized spacial score (nSPS) is 13.1. The van der Waals surface area contributed by atoms with Gasteiger partial charge in [0.05, 0.1) is 5.75 Å². The SMILES string of the molecule is O=S(=O)(CCCC(F)(F)F)NCCCl. The van der Waals surface area contributed by atoms with Gasteiger partial charge < -0.3 is 0 Å². The summed E-state index contributed by atoms with van der Waals surface area (Å²) < 4.78 is 58.9. The average molecular weight is 254 g/mol. The van der Waals surface area contributed by atoms with Crippen LogP contribution in [0.3, 0.4) is 0 Å². The van der Waals surface area contributed by atoms with Crippen molar-refractivity contribution in [1.29, 1.82) is 0 Å². The maximum absolute atomic E-state index is 11.6. The van der Waals surface area contributed by atoms with Crippen molar-refractivity contribution in [2.24, 2.45) is 0 Å². The van der Waals surface area contributed by atoms with E-state index in [1.807, 2.05) is 0 Å². The summed E-state index contributed by atoms with van der Waals surface area (Å²) in [4.78, 5) is 0. The van der Waals surface area contributed by atoms with Gasteiger partial charge in [-0.3, -0.25) is 0 Å². The molecule has 0 heterocycles. The van der Waals surface area contributed by atoms with Gasteiger partial charge in [-0.25, -0.2) is 13.1 Å². The Morgan fingerprint density at radius 1 is 1.29 bits per heavy atom. The highest BCUT2D eigenvalue weighted by molar-refractivity contribution is 7.89. The van der Waals surface area contributed by atoms with Crippen molar-refractivity contribution in [3.05, 3.63) is 0 Å². The quantitative estimate of drug-likeness (QED) is 0.729. The van der Waals surface area contributed by atoms with Crippen molar-refractivity contribution >= 4 is 21.6 Å². The van der Waals surface area contributed by atoms with Crippen LogP contribution in [0.1, 0.15) is 12.8 Å². The summed E-state index contributed by atoms with van der Waals surface area (Å²) in [5.41, 5.74) is 0. The molecule has 86 valence electrons. The van der Waals surface area contributed by atoms with E-state index in [0.29, 0.717) is 0 Å². The fourth-order valence-corrected chi connectivity index (χ4v) is 2.02. The van der Waals surface area contributed by atoms with Crippen LogP contribution >= 0.6 is 11.6 Å². The molecule has 0 aliphatic carbocycles. The van der Waals surface area contributed by atoms with Gasteiger partial charge in [0, 0.05) is 18.8 Å². The highest BCUT2D eigenvalue weighted by atomic mass is 35.5. The Morgan fingerprint density at radius 2 is 1.86 bits per heavy atom. The molecule has 0 fully saturated rings. The van der Waals surface area contributed by atoms with E-state index in [9.17, 15) is 21.6 Å². The fourth-order valence-electron chi connectivity index (χ4n) is 0.729. The Kier molecular flexibility index (Phi) is 5.77. The smallest absolute Gasteiger partial charge is 0.214 e. The zero-order valence-electron chi connectivity index (χ0n) is 7.27. The highest BCUT2D eigenvalue weighted by Crippen LogP contribution is 2.21. The monoisotopic (exact) mass is 253 g/mol. The van der Waals surface area contributed by atoms with Gasteiger partial charge >= 0.3 is 6.18 Å². The van der Waals surface area contributed by atoms with E-state index in [-0.39, 0.29) is 12.4 Å². The number of rotatable bonds is 6. The van der Waals surface area contributed by atoms with E-state index in [1.165, 1.54) is 0 Å². The van der Waals surface area contributed by atoms with Gasteiger partial charge in [0.15, 0.2) is 0 Å². The number of halogens is 4. The fraction of sp³-hybridized carbons (Fsp3) is 1.00. The molecule has 0 unspecified atom stereocenters. The number of alkyl halides is 4. The van der Waals surface area contributed by atoms with E-state index in [1.54, 1.807) is 0 Å². The second-order valence-corrected chi connectivity index (χ2v) is 4.93. The minimum absolute atomic E-state index is 0.0376. The number of hydrogen-bond acceptors (Lipinski definition) is 2. The van der Waals surface area contributed by atoms with Crippen LogP contribution in [0.2, 0.25) is 0 Å². The third-order valence-electron chi connectivity index (χ3n) is 1.29. The molecule has 0 aromatic heterocycles. The lowest BCUT2D eigenvalue weighted by Crippen LogP contribution is -2.28. The minimum Gasteiger partial charge on any atom is -0.214 e. The van der Waals surface area contributed by atoms with Crippen molar-refractivity contribution < 1.29 is 21.6 Å². The maximum atomic E-state index is 11.6. The van der Waals surface area contributed by atoms with Gasteiger partial charge in [0.25, 0.3) is 0 Å². The van der Waals surface area contributed by atoms with Crippen LogP contribution in [0.5, 0.6) is 0 Å². The average Bonchev–Trinajstić information content (AvgIpc) is 1.98. The van der Waals surface area contributed by atoms with Crippen LogP contribution in [0, 0.1) is 0 Å². The van der Waals surface area contributed by atoms with E-state index in [4.69, 9.17) is 11.6 Å². The van der Waals surface area contributed by atoms with E-state index in [2.05, 4.69) is 4.72 Å². The zero-order chi connectivity index (χ0) is 11.2. The Balaban J connectivity index is 3.78. The molecule has 0 aromatic carbocycles. The molecule has 0 aromatic rings. The summed E-state index contributed by atoms with van der Waals surface area (Å²) in [6, 6.07) is 0. The summed E-state index contributed by atoms with van der Waals surface area (Å²) in [6.45, 7) is 0.0376. The summed E-state index contributed by atoms with van der Waals surface area (Å²) in [7, 11) is -3.60. The van der Waals surface area contributed by atoms with Crippen LogP contribution in [0.25, 0.3) is 0 Å². The van der Waals surface area contributed by atoms with Gasteiger partial charge in [0.1, 0.15) is 0 Å². The largest absolute Gasteiger partial charge is 0.389 e. The second kappa shape index (κ2) is 5.77. The van der Waals surface area contributed by atoms with Gasteiger partial charge in [-0.1, -0.05) is 0 Å². The summed E-state index contributed by atoms with van der Waals surface area (Å²) in [6.07, 6.45) is -5.82. The van der Waals surface area contributed by atoms with Gasteiger partial charge in [0.2, 0.25) is 10.0 Å². The molecule has 14 heavy (non-hydrogen) atoms. The van der Waals surface area contributed by atoms with Crippen LogP contribution in [0.4, 0.5) is 13.2 Å². The van der Waals surface area contributed by atoms with Crippen molar-refractivity contribution in [3.8, 4) is 0 Å². The summed E-state index contributed by atoms with van der Waals surface area (Å²) >= 11 is 5.21. The Labute approximate surface area is 85.7 Å².